The smallest absolute Gasteiger partial charge is 0.264 e. The fourth-order valence-electron chi connectivity index (χ4n) is 4.64. The summed E-state index contributed by atoms with van der Waals surface area (Å²) in [4.78, 5) is 0.0599. The Hall–Kier alpha value is -2.16. The minimum absolute atomic E-state index is 0.0599. The third-order valence-electron chi connectivity index (χ3n) is 6.67. The molecule has 0 saturated carbocycles. The van der Waals surface area contributed by atoms with Gasteiger partial charge in [-0.3, -0.25) is 4.31 Å². The number of aryl methyl sites for hydroxylation is 2. The maximum atomic E-state index is 14.6. The van der Waals surface area contributed by atoms with Gasteiger partial charge in [0, 0.05) is 24.8 Å². The third kappa shape index (κ3) is 4.88. The van der Waals surface area contributed by atoms with Crippen molar-refractivity contribution >= 4 is 15.7 Å². The molecule has 2 aliphatic heterocycles. The number of hydrogen-bond acceptors (Lipinski definition) is 5. The first kappa shape index (κ1) is 24.0. The number of anilines is 1. The molecule has 180 valence electrons. The van der Waals surface area contributed by atoms with E-state index in [1.165, 1.54) is 22.5 Å². The second-order valence-corrected chi connectivity index (χ2v) is 10.7. The predicted octanol–water partition coefficient (Wildman–Crippen LogP) is 4.22. The summed E-state index contributed by atoms with van der Waals surface area (Å²) in [5.41, 5.74) is 2.25. The second-order valence-electron chi connectivity index (χ2n) is 8.91. The largest absolute Gasteiger partial charge is 0.493 e. The van der Waals surface area contributed by atoms with Crippen molar-refractivity contribution in [2.45, 2.75) is 63.5 Å². The van der Waals surface area contributed by atoms with Gasteiger partial charge in [0.25, 0.3) is 10.0 Å². The van der Waals surface area contributed by atoms with E-state index in [9.17, 15) is 17.9 Å². The van der Waals surface area contributed by atoms with Crippen LogP contribution in [0.15, 0.2) is 35.2 Å². The van der Waals surface area contributed by atoms with Crippen LogP contribution in [0.2, 0.25) is 0 Å². The van der Waals surface area contributed by atoms with Crippen LogP contribution < -0.4 is 9.04 Å². The minimum Gasteiger partial charge on any atom is -0.493 e. The summed E-state index contributed by atoms with van der Waals surface area (Å²) in [5, 5.41) is 9.90. The highest BCUT2D eigenvalue weighted by Crippen LogP contribution is 2.38. The molecule has 2 heterocycles. The van der Waals surface area contributed by atoms with E-state index in [-0.39, 0.29) is 17.5 Å². The molecule has 0 bridgehead atoms. The quantitative estimate of drug-likeness (QED) is 0.646. The van der Waals surface area contributed by atoms with Gasteiger partial charge >= 0.3 is 0 Å². The van der Waals surface area contributed by atoms with Crippen LogP contribution in [0.3, 0.4) is 0 Å². The van der Waals surface area contributed by atoms with E-state index in [2.05, 4.69) is 0 Å². The molecule has 0 aliphatic carbocycles. The number of benzene rings is 2. The van der Waals surface area contributed by atoms with Crippen molar-refractivity contribution in [3.05, 3.63) is 52.8 Å². The Balaban J connectivity index is 1.63. The molecular formula is C25H32FNO5S. The molecule has 2 aromatic carbocycles. The molecule has 2 aliphatic rings. The fourth-order valence-corrected chi connectivity index (χ4v) is 6.40. The first-order valence-corrected chi connectivity index (χ1v) is 13.1. The molecule has 1 fully saturated rings. The second kappa shape index (κ2) is 9.99. The average molecular weight is 478 g/mol. The highest BCUT2D eigenvalue weighted by molar-refractivity contribution is 7.92. The number of fused-ring (bicyclic) bond motifs is 1. The van der Waals surface area contributed by atoms with Crippen molar-refractivity contribution in [3.8, 4) is 5.75 Å². The Morgan fingerprint density at radius 1 is 1.15 bits per heavy atom. The molecule has 0 unspecified atom stereocenters. The molecule has 0 spiro atoms. The highest BCUT2D eigenvalue weighted by atomic mass is 32.2. The van der Waals surface area contributed by atoms with Crippen molar-refractivity contribution in [3.63, 3.8) is 0 Å². The number of halogens is 1. The molecule has 1 saturated heterocycles. The van der Waals surface area contributed by atoms with Crippen LogP contribution in [0.4, 0.5) is 10.1 Å². The van der Waals surface area contributed by atoms with Crippen molar-refractivity contribution in [2.75, 3.05) is 24.1 Å². The Labute approximate surface area is 195 Å². The summed E-state index contributed by atoms with van der Waals surface area (Å²) in [6, 6.07) is 7.40. The van der Waals surface area contributed by atoms with E-state index in [4.69, 9.17) is 9.47 Å². The molecular weight excluding hydrogens is 445 g/mol. The van der Waals surface area contributed by atoms with Gasteiger partial charge < -0.3 is 14.6 Å². The lowest BCUT2D eigenvalue weighted by molar-refractivity contribution is 0.0494. The van der Waals surface area contributed by atoms with Crippen LogP contribution in [0.25, 0.3) is 0 Å². The maximum absolute atomic E-state index is 14.6. The van der Waals surface area contributed by atoms with E-state index in [0.29, 0.717) is 67.6 Å². The first-order valence-electron chi connectivity index (χ1n) is 11.6. The van der Waals surface area contributed by atoms with Gasteiger partial charge in [0.1, 0.15) is 11.6 Å². The van der Waals surface area contributed by atoms with Gasteiger partial charge in [-0.15, -0.1) is 0 Å². The maximum Gasteiger partial charge on any atom is 0.264 e. The summed E-state index contributed by atoms with van der Waals surface area (Å²) in [7, 11) is -3.96. The summed E-state index contributed by atoms with van der Waals surface area (Å²) in [6.45, 7) is 5.31. The number of hydrogen-bond donors (Lipinski definition) is 1. The lowest BCUT2D eigenvalue weighted by atomic mass is 9.96. The summed E-state index contributed by atoms with van der Waals surface area (Å²) in [6.07, 6.45) is 3.75. The molecule has 0 radical (unpaired) electrons. The molecule has 0 amide bonds. The van der Waals surface area contributed by atoms with Crippen LogP contribution in [0.5, 0.6) is 5.75 Å². The van der Waals surface area contributed by atoms with Gasteiger partial charge in [0.05, 0.1) is 23.8 Å². The number of aliphatic hydroxyl groups is 1. The predicted molar refractivity (Wildman–Crippen MR) is 125 cm³/mol. The van der Waals surface area contributed by atoms with Crippen LogP contribution >= 0.6 is 0 Å². The van der Waals surface area contributed by atoms with Crippen molar-refractivity contribution < 1.29 is 27.4 Å². The summed E-state index contributed by atoms with van der Waals surface area (Å²) in [5.74, 6) is 0.467. The van der Waals surface area contributed by atoms with E-state index in [1.807, 2.05) is 13.8 Å². The van der Waals surface area contributed by atoms with E-state index < -0.39 is 15.8 Å². The summed E-state index contributed by atoms with van der Waals surface area (Å²) >= 11 is 0. The third-order valence-corrected chi connectivity index (χ3v) is 8.60. The van der Waals surface area contributed by atoms with Crippen molar-refractivity contribution in [1.82, 2.24) is 0 Å². The van der Waals surface area contributed by atoms with Gasteiger partial charge in [-0.1, -0.05) is 13.0 Å². The molecule has 8 heteroatoms. The minimum atomic E-state index is -3.96. The molecule has 1 atom stereocenters. The molecule has 4 rings (SSSR count). The van der Waals surface area contributed by atoms with Gasteiger partial charge in [-0.2, -0.15) is 0 Å². The highest BCUT2D eigenvalue weighted by Gasteiger charge is 2.35. The SMILES string of the molecule is CCc1cc2c(cc1F)N(S(=O)(=O)c1ccc(OCC3CCOCC3)c(CO)c1)[C@@H](C)CC2. The van der Waals surface area contributed by atoms with Crippen molar-refractivity contribution in [2.24, 2.45) is 5.92 Å². The Morgan fingerprint density at radius 2 is 1.91 bits per heavy atom. The van der Waals surface area contributed by atoms with Crippen LogP contribution in [-0.2, 0) is 34.2 Å². The normalized spacial score (nSPS) is 19.4. The monoisotopic (exact) mass is 477 g/mol. The van der Waals surface area contributed by atoms with Gasteiger partial charge in [0.15, 0.2) is 0 Å². The zero-order chi connectivity index (χ0) is 23.6. The molecule has 6 nitrogen and oxygen atoms in total. The number of nitrogens with zero attached hydrogens (tertiary/aromatic N) is 1. The molecule has 1 N–H and O–H groups in total. The van der Waals surface area contributed by atoms with Crippen molar-refractivity contribution in [1.29, 1.82) is 0 Å². The average Bonchev–Trinajstić information content (AvgIpc) is 2.82. The van der Waals surface area contributed by atoms with E-state index in [1.54, 1.807) is 12.1 Å². The van der Waals surface area contributed by atoms with Crippen LogP contribution in [-0.4, -0.2) is 39.4 Å². The zero-order valence-corrected chi connectivity index (χ0v) is 20.0. The number of sulfonamides is 1. The van der Waals surface area contributed by atoms with Gasteiger partial charge in [0.2, 0.25) is 0 Å². The number of aliphatic hydroxyl groups excluding tert-OH is 1. The Morgan fingerprint density at radius 3 is 2.61 bits per heavy atom. The summed E-state index contributed by atoms with van der Waals surface area (Å²) < 4.78 is 54.6. The number of ether oxygens (including phenoxy) is 2. The van der Waals surface area contributed by atoms with Gasteiger partial charge in [-0.25, -0.2) is 12.8 Å². The van der Waals surface area contributed by atoms with Gasteiger partial charge in [-0.05, 0) is 80.3 Å². The van der Waals surface area contributed by atoms with Crippen LogP contribution in [0, 0.1) is 11.7 Å². The van der Waals surface area contributed by atoms with E-state index in [0.717, 1.165) is 18.4 Å². The number of rotatable bonds is 7. The lowest BCUT2D eigenvalue weighted by Crippen LogP contribution is -2.42. The molecule has 0 aromatic heterocycles. The molecule has 2 aromatic rings. The van der Waals surface area contributed by atoms with Crippen LogP contribution in [0.1, 0.15) is 49.8 Å². The zero-order valence-electron chi connectivity index (χ0n) is 19.2. The topological polar surface area (TPSA) is 76.1 Å². The fraction of sp³-hybridized carbons (Fsp3) is 0.520. The van der Waals surface area contributed by atoms with E-state index >= 15 is 0 Å². The Bertz CT molecular complexity index is 1100. The molecule has 33 heavy (non-hydrogen) atoms. The lowest BCUT2D eigenvalue weighted by Gasteiger charge is -2.36. The standard InChI is InChI=1S/C25H32FNO5S/c1-3-19-12-20-5-4-17(2)27(24(20)14-23(19)26)33(29,30)22-6-7-25(21(13-22)15-28)32-16-18-8-10-31-11-9-18/h6-7,12-14,17-18,28H,3-5,8-11,15-16H2,1-2H3/t17-/m0/s1. The Kier molecular flexibility index (Phi) is 7.26. The first-order chi connectivity index (χ1) is 15.8.